The number of carbonyl (C=O) groups is 1. The number of piperazine rings is 1. The minimum atomic E-state index is -3.69. The SMILES string of the molecule is O=C(c1ccc(C2=NCCN2)cc1)N1CCN(S(=O)(=O)c2cc3cc(Cl)ccc3[nH]2)CC1. The molecule has 0 bridgehead atoms. The zero-order chi connectivity index (χ0) is 22.3. The summed E-state index contributed by atoms with van der Waals surface area (Å²) in [6.45, 7) is 2.73. The maximum absolute atomic E-state index is 13.1. The van der Waals surface area contributed by atoms with Gasteiger partial charge in [0.25, 0.3) is 15.9 Å². The van der Waals surface area contributed by atoms with Gasteiger partial charge in [-0.1, -0.05) is 23.7 Å². The molecule has 2 N–H and O–H groups in total. The fourth-order valence-corrected chi connectivity index (χ4v) is 5.65. The summed E-state index contributed by atoms with van der Waals surface area (Å²) < 4.78 is 27.6. The van der Waals surface area contributed by atoms with Crippen LogP contribution in [0.2, 0.25) is 5.02 Å². The Labute approximate surface area is 190 Å². The van der Waals surface area contributed by atoms with E-state index in [2.05, 4.69) is 15.3 Å². The lowest BCUT2D eigenvalue weighted by atomic mass is 10.1. The molecule has 32 heavy (non-hydrogen) atoms. The number of rotatable bonds is 4. The molecule has 0 saturated carbocycles. The van der Waals surface area contributed by atoms with Crippen LogP contribution in [-0.2, 0) is 10.0 Å². The molecule has 1 fully saturated rings. The van der Waals surface area contributed by atoms with Gasteiger partial charge in [-0.15, -0.1) is 0 Å². The Bertz CT molecular complexity index is 1310. The van der Waals surface area contributed by atoms with Gasteiger partial charge in [-0.2, -0.15) is 4.31 Å². The Kier molecular flexibility index (Phi) is 5.40. The van der Waals surface area contributed by atoms with Crippen LogP contribution in [0.25, 0.3) is 10.9 Å². The van der Waals surface area contributed by atoms with Crippen LogP contribution in [-0.4, -0.2) is 73.6 Å². The summed E-state index contributed by atoms with van der Waals surface area (Å²) in [5, 5.41) is 4.64. The molecule has 0 atom stereocenters. The van der Waals surface area contributed by atoms with Crippen molar-refractivity contribution in [3.05, 3.63) is 64.7 Å². The third-order valence-corrected chi connectivity index (χ3v) is 7.84. The highest BCUT2D eigenvalue weighted by Crippen LogP contribution is 2.25. The number of halogens is 1. The van der Waals surface area contributed by atoms with Crippen LogP contribution in [0.5, 0.6) is 0 Å². The second-order valence-electron chi connectivity index (χ2n) is 7.80. The molecular weight excluding hydrogens is 450 g/mol. The summed E-state index contributed by atoms with van der Waals surface area (Å²) in [5.74, 6) is 0.747. The maximum Gasteiger partial charge on any atom is 0.258 e. The van der Waals surface area contributed by atoms with Crippen molar-refractivity contribution in [1.29, 1.82) is 0 Å². The Hall–Kier alpha value is -2.88. The summed E-state index contributed by atoms with van der Waals surface area (Å²) in [6, 6.07) is 14.1. The molecule has 10 heteroatoms. The normalized spacial score (nSPS) is 17.4. The first-order valence-corrected chi connectivity index (χ1v) is 12.2. The molecule has 1 saturated heterocycles. The number of nitrogens with one attached hydrogen (secondary N) is 2. The Balaban J connectivity index is 1.26. The number of benzene rings is 2. The number of fused-ring (bicyclic) bond motifs is 1. The van der Waals surface area contributed by atoms with Gasteiger partial charge < -0.3 is 15.2 Å². The monoisotopic (exact) mass is 471 g/mol. The van der Waals surface area contributed by atoms with Crippen LogP contribution in [0.3, 0.4) is 0 Å². The number of H-pyrrole nitrogens is 1. The zero-order valence-electron chi connectivity index (χ0n) is 17.2. The molecule has 1 amide bonds. The highest BCUT2D eigenvalue weighted by atomic mass is 35.5. The molecule has 0 spiro atoms. The van der Waals surface area contributed by atoms with Crippen molar-refractivity contribution >= 4 is 44.3 Å². The summed E-state index contributed by atoms with van der Waals surface area (Å²) in [5.41, 5.74) is 2.25. The van der Waals surface area contributed by atoms with E-state index in [0.29, 0.717) is 29.2 Å². The van der Waals surface area contributed by atoms with E-state index in [-0.39, 0.29) is 24.0 Å². The number of hydrogen-bond acceptors (Lipinski definition) is 5. The molecular formula is C22H22ClN5O3S. The lowest BCUT2D eigenvalue weighted by Gasteiger charge is -2.33. The van der Waals surface area contributed by atoms with Gasteiger partial charge in [0.15, 0.2) is 0 Å². The molecule has 5 rings (SSSR count). The molecule has 0 radical (unpaired) electrons. The fourth-order valence-electron chi connectivity index (χ4n) is 4.03. The number of hydrogen-bond donors (Lipinski definition) is 2. The fraction of sp³-hybridized carbons (Fsp3) is 0.273. The number of nitrogens with zero attached hydrogens (tertiary/aromatic N) is 3. The molecule has 8 nitrogen and oxygen atoms in total. The van der Waals surface area contributed by atoms with Gasteiger partial charge in [0.05, 0.1) is 6.54 Å². The van der Waals surface area contributed by atoms with E-state index in [1.54, 1.807) is 41.3 Å². The zero-order valence-corrected chi connectivity index (χ0v) is 18.8. The number of amides is 1. The first kappa shape index (κ1) is 21.0. The number of carbonyl (C=O) groups excluding carboxylic acids is 1. The van der Waals surface area contributed by atoms with Crippen molar-refractivity contribution < 1.29 is 13.2 Å². The number of aliphatic imine (C=N–C) groups is 1. The summed E-state index contributed by atoms with van der Waals surface area (Å²) >= 11 is 6.01. The standard InChI is InChI=1S/C22H22ClN5O3S/c23-18-5-6-19-17(13-18)14-20(26-19)32(30,31)28-11-9-27(10-12-28)22(29)16-3-1-15(2-4-16)21-24-7-8-25-21/h1-6,13-14,26H,7-12H2,(H,24,25). The van der Waals surface area contributed by atoms with Crippen LogP contribution < -0.4 is 5.32 Å². The molecule has 166 valence electrons. The Morgan fingerprint density at radius 3 is 2.44 bits per heavy atom. The van der Waals surface area contributed by atoms with Crippen molar-refractivity contribution in [1.82, 2.24) is 19.5 Å². The van der Waals surface area contributed by atoms with Crippen LogP contribution in [0.4, 0.5) is 0 Å². The van der Waals surface area contributed by atoms with E-state index in [0.717, 1.165) is 29.9 Å². The largest absolute Gasteiger partial charge is 0.368 e. The van der Waals surface area contributed by atoms with Crippen molar-refractivity contribution in [3.63, 3.8) is 0 Å². The number of amidine groups is 1. The Morgan fingerprint density at radius 1 is 1.00 bits per heavy atom. The van der Waals surface area contributed by atoms with E-state index in [9.17, 15) is 13.2 Å². The first-order chi connectivity index (χ1) is 15.4. The van der Waals surface area contributed by atoms with Gasteiger partial charge in [0, 0.05) is 59.8 Å². The number of aromatic nitrogens is 1. The molecule has 2 aliphatic heterocycles. The van der Waals surface area contributed by atoms with Crippen molar-refractivity contribution in [3.8, 4) is 0 Å². The molecule has 3 aromatic rings. The smallest absolute Gasteiger partial charge is 0.258 e. The summed E-state index contributed by atoms with van der Waals surface area (Å²) in [7, 11) is -3.69. The topological polar surface area (TPSA) is 97.9 Å². The van der Waals surface area contributed by atoms with Crippen LogP contribution in [0, 0.1) is 0 Å². The van der Waals surface area contributed by atoms with E-state index < -0.39 is 10.0 Å². The third kappa shape index (κ3) is 3.87. The van der Waals surface area contributed by atoms with Crippen molar-refractivity contribution in [2.24, 2.45) is 4.99 Å². The second-order valence-corrected chi connectivity index (χ2v) is 10.1. The molecule has 1 aromatic heterocycles. The first-order valence-electron chi connectivity index (χ1n) is 10.4. The quantitative estimate of drug-likeness (QED) is 0.610. The maximum atomic E-state index is 13.1. The summed E-state index contributed by atoms with van der Waals surface area (Å²) in [4.78, 5) is 21.9. The lowest BCUT2D eigenvalue weighted by molar-refractivity contribution is 0.0698. The predicted molar refractivity (Wildman–Crippen MR) is 124 cm³/mol. The van der Waals surface area contributed by atoms with Gasteiger partial charge in [-0.25, -0.2) is 8.42 Å². The molecule has 2 aliphatic rings. The van der Waals surface area contributed by atoms with Gasteiger partial charge in [0.1, 0.15) is 10.9 Å². The van der Waals surface area contributed by atoms with Gasteiger partial charge in [-0.3, -0.25) is 9.79 Å². The van der Waals surface area contributed by atoms with Crippen molar-refractivity contribution in [2.75, 3.05) is 39.3 Å². The molecule has 0 unspecified atom stereocenters. The Morgan fingerprint density at radius 2 is 1.75 bits per heavy atom. The lowest BCUT2D eigenvalue weighted by Crippen LogP contribution is -2.50. The van der Waals surface area contributed by atoms with Gasteiger partial charge in [-0.05, 0) is 36.4 Å². The molecule has 2 aromatic carbocycles. The molecule has 0 aliphatic carbocycles. The highest BCUT2D eigenvalue weighted by Gasteiger charge is 2.31. The number of sulfonamides is 1. The second kappa shape index (κ2) is 8.23. The average Bonchev–Trinajstić information content (AvgIpc) is 3.49. The van der Waals surface area contributed by atoms with E-state index >= 15 is 0 Å². The van der Waals surface area contributed by atoms with Crippen molar-refractivity contribution in [2.45, 2.75) is 5.03 Å². The van der Waals surface area contributed by atoms with E-state index in [4.69, 9.17) is 11.6 Å². The minimum absolute atomic E-state index is 0.102. The predicted octanol–water partition coefficient (Wildman–Crippen LogP) is 2.32. The van der Waals surface area contributed by atoms with Crippen LogP contribution >= 0.6 is 11.6 Å². The van der Waals surface area contributed by atoms with Gasteiger partial charge >= 0.3 is 0 Å². The van der Waals surface area contributed by atoms with Crippen LogP contribution in [0.1, 0.15) is 15.9 Å². The number of aromatic amines is 1. The highest BCUT2D eigenvalue weighted by molar-refractivity contribution is 7.89. The summed E-state index contributed by atoms with van der Waals surface area (Å²) in [6.07, 6.45) is 0. The van der Waals surface area contributed by atoms with Gasteiger partial charge in [0.2, 0.25) is 0 Å². The van der Waals surface area contributed by atoms with Crippen LogP contribution in [0.15, 0.2) is 58.5 Å². The molecule has 3 heterocycles. The van der Waals surface area contributed by atoms with E-state index in [1.165, 1.54) is 4.31 Å². The average molecular weight is 472 g/mol. The minimum Gasteiger partial charge on any atom is -0.368 e. The third-order valence-electron chi connectivity index (χ3n) is 5.78. The van der Waals surface area contributed by atoms with E-state index in [1.807, 2.05) is 12.1 Å².